The molecule has 0 saturated carbocycles. The van der Waals surface area contributed by atoms with Gasteiger partial charge in [-0.1, -0.05) is 6.07 Å². The van der Waals surface area contributed by atoms with Gasteiger partial charge < -0.3 is 9.47 Å². The Morgan fingerprint density at radius 1 is 1.25 bits per heavy atom. The van der Waals surface area contributed by atoms with E-state index < -0.39 is 29.7 Å². The molecular formula is C14H12N4O6. The molecule has 1 aromatic carbocycles. The number of anilines is 1. The van der Waals surface area contributed by atoms with Gasteiger partial charge in [0.15, 0.2) is 11.8 Å². The van der Waals surface area contributed by atoms with E-state index in [1.807, 2.05) is 0 Å². The maximum absolute atomic E-state index is 12.7. The quantitative estimate of drug-likeness (QED) is 0.435. The van der Waals surface area contributed by atoms with E-state index in [9.17, 15) is 19.3 Å². The van der Waals surface area contributed by atoms with Crippen LogP contribution >= 0.6 is 0 Å². The van der Waals surface area contributed by atoms with Gasteiger partial charge in [0, 0.05) is 6.07 Å². The van der Waals surface area contributed by atoms with E-state index in [0.29, 0.717) is 10.9 Å². The van der Waals surface area contributed by atoms with Crippen molar-refractivity contribution in [2.24, 2.45) is 16.3 Å². The van der Waals surface area contributed by atoms with Gasteiger partial charge >= 0.3 is 5.97 Å². The Hall–Kier alpha value is -3.30. The lowest BCUT2D eigenvalue weighted by Gasteiger charge is -2.17. The first-order valence-electron chi connectivity index (χ1n) is 6.84. The molecular weight excluding hydrogens is 320 g/mol. The molecule has 1 saturated heterocycles. The van der Waals surface area contributed by atoms with Gasteiger partial charge in [-0.2, -0.15) is 0 Å². The fourth-order valence-electron chi connectivity index (χ4n) is 2.74. The van der Waals surface area contributed by atoms with Crippen molar-refractivity contribution >= 4 is 29.2 Å². The zero-order valence-electron chi connectivity index (χ0n) is 12.7. The monoisotopic (exact) mass is 332 g/mol. The number of rotatable bonds is 4. The molecule has 0 aliphatic carbocycles. The number of hydrazone groups is 1. The topological polar surface area (TPSA) is 118 Å². The number of hydrogen-bond acceptors (Lipinski definition) is 8. The molecule has 0 N–H and O–H groups in total. The second-order valence-electron chi connectivity index (χ2n) is 5.01. The Bertz CT molecular complexity index is 776. The lowest BCUT2D eigenvalue weighted by molar-refractivity contribution is -0.133. The normalized spacial score (nSPS) is 22.3. The number of imide groups is 1. The number of carbonyl (C=O) groups is 3. The van der Waals surface area contributed by atoms with Crippen LogP contribution in [-0.2, 0) is 19.1 Å². The molecule has 2 amide bonds. The van der Waals surface area contributed by atoms with Crippen LogP contribution in [0.25, 0.3) is 0 Å². The summed E-state index contributed by atoms with van der Waals surface area (Å²) in [6, 6.07) is 4.98. The molecule has 1 aromatic rings. The van der Waals surface area contributed by atoms with Gasteiger partial charge in [0.25, 0.3) is 5.91 Å². The Labute approximate surface area is 135 Å². The zero-order chi connectivity index (χ0) is 17.4. The first-order valence-corrected chi connectivity index (χ1v) is 6.84. The summed E-state index contributed by atoms with van der Waals surface area (Å²) in [4.78, 5) is 48.9. The summed E-state index contributed by atoms with van der Waals surface area (Å²) >= 11 is 0. The number of nitroso groups, excluding NO2 is 1. The van der Waals surface area contributed by atoms with Gasteiger partial charge in [0.1, 0.15) is 11.7 Å². The Morgan fingerprint density at radius 2 is 2.00 bits per heavy atom. The van der Waals surface area contributed by atoms with Crippen LogP contribution in [0.2, 0.25) is 0 Å². The summed E-state index contributed by atoms with van der Waals surface area (Å²) in [5, 5.41) is 6.76. The summed E-state index contributed by atoms with van der Waals surface area (Å²) in [5.74, 6) is -3.09. The largest absolute Gasteiger partial charge is 0.497 e. The number of nitrogens with zero attached hydrogens (tertiary/aromatic N) is 4. The molecule has 3 rings (SSSR count). The molecule has 0 aromatic heterocycles. The van der Waals surface area contributed by atoms with Gasteiger partial charge in [0.2, 0.25) is 5.91 Å². The van der Waals surface area contributed by atoms with E-state index in [0.717, 1.165) is 12.0 Å². The Morgan fingerprint density at radius 3 is 2.62 bits per heavy atom. The van der Waals surface area contributed by atoms with Crippen LogP contribution < -0.4 is 9.64 Å². The van der Waals surface area contributed by atoms with Crippen molar-refractivity contribution < 1.29 is 23.9 Å². The van der Waals surface area contributed by atoms with E-state index in [2.05, 4.69) is 15.1 Å². The van der Waals surface area contributed by atoms with Crippen LogP contribution in [-0.4, -0.2) is 48.9 Å². The van der Waals surface area contributed by atoms with Gasteiger partial charge in [-0.3, -0.25) is 9.59 Å². The molecule has 2 aliphatic rings. The van der Waals surface area contributed by atoms with Crippen molar-refractivity contribution in [2.45, 2.75) is 6.04 Å². The summed E-state index contributed by atoms with van der Waals surface area (Å²) in [6.07, 6.45) is 0. The molecule has 2 atom stereocenters. The molecule has 2 heterocycles. The van der Waals surface area contributed by atoms with Gasteiger partial charge in [-0.05, 0) is 12.1 Å². The van der Waals surface area contributed by atoms with Crippen LogP contribution in [0.3, 0.4) is 0 Å². The van der Waals surface area contributed by atoms with Crippen LogP contribution in [0, 0.1) is 10.8 Å². The summed E-state index contributed by atoms with van der Waals surface area (Å²) in [6.45, 7) is 0. The number of methoxy groups -OCH3 is 2. The maximum Gasteiger partial charge on any atom is 0.355 e. The van der Waals surface area contributed by atoms with E-state index in [-0.39, 0.29) is 11.4 Å². The highest BCUT2D eigenvalue weighted by atomic mass is 16.5. The smallest absolute Gasteiger partial charge is 0.355 e. The van der Waals surface area contributed by atoms with E-state index in [1.54, 1.807) is 12.1 Å². The second-order valence-corrected chi connectivity index (χ2v) is 5.01. The van der Waals surface area contributed by atoms with Crippen LogP contribution in [0.1, 0.15) is 0 Å². The van der Waals surface area contributed by atoms with Crippen molar-refractivity contribution in [1.82, 2.24) is 5.12 Å². The van der Waals surface area contributed by atoms with Crippen molar-refractivity contribution in [3.8, 4) is 5.75 Å². The van der Waals surface area contributed by atoms with E-state index >= 15 is 0 Å². The van der Waals surface area contributed by atoms with Crippen LogP contribution in [0.4, 0.5) is 5.69 Å². The highest BCUT2D eigenvalue weighted by molar-refractivity contribution is 6.46. The van der Waals surface area contributed by atoms with Gasteiger partial charge in [-0.25, -0.2) is 9.69 Å². The van der Waals surface area contributed by atoms with Crippen molar-refractivity contribution in [3.05, 3.63) is 29.2 Å². The van der Waals surface area contributed by atoms with Crippen LogP contribution in [0.5, 0.6) is 5.75 Å². The number of hydrogen-bond donors (Lipinski definition) is 0. The molecule has 0 bridgehead atoms. The number of esters is 1. The third-order valence-corrected chi connectivity index (χ3v) is 3.82. The molecule has 2 aliphatic heterocycles. The molecule has 0 unspecified atom stereocenters. The number of ether oxygens (including phenoxy) is 2. The van der Waals surface area contributed by atoms with Gasteiger partial charge in [0.05, 0.1) is 25.2 Å². The Kier molecular flexibility index (Phi) is 3.72. The first-order chi connectivity index (χ1) is 11.5. The van der Waals surface area contributed by atoms with Crippen molar-refractivity contribution in [3.63, 3.8) is 0 Å². The minimum atomic E-state index is -1.30. The third kappa shape index (κ3) is 2.11. The van der Waals surface area contributed by atoms with Gasteiger partial charge in [-0.15, -0.1) is 15.1 Å². The second kappa shape index (κ2) is 5.72. The minimum absolute atomic E-state index is 0.258. The summed E-state index contributed by atoms with van der Waals surface area (Å²) in [7, 11) is 2.56. The van der Waals surface area contributed by atoms with Crippen molar-refractivity contribution in [2.75, 3.05) is 19.1 Å². The fraction of sp³-hybridized carbons (Fsp3) is 0.286. The SMILES string of the molecule is COC(=O)C1=NN(N=O)[C@@H]2C(=O)N(c3cccc(OC)c3)C(=O)[C@@H]12. The third-order valence-electron chi connectivity index (χ3n) is 3.82. The van der Waals surface area contributed by atoms with E-state index in [1.165, 1.54) is 19.2 Å². The average Bonchev–Trinajstić information content (AvgIpc) is 3.11. The average molecular weight is 332 g/mol. The predicted octanol–water partition coefficient (Wildman–Crippen LogP) is 0.0792. The Balaban J connectivity index is 2.03. The number of fused-ring (bicyclic) bond motifs is 1. The molecule has 0 spiro atoms. The zero-order valence-corrected chi connectivity index (χ0v) is 12.7. The number of amides is 2. The van der Waals surface area contributed by atoms with Crippen molar-refractivity contribution in [1.29, 1.82) is 0 Å². The standard InChI is InChI=1S/C14H12N4O6/c1-23-8-5-3-4-7(6-8)17-12(19)9-10(14(21)24-2)15-18(16-22)11(9)13(17)20/h3-6,9,11H,1-2H3/t9-,11-/m0/s1. The molecule has 0 radical (unpaired) electrons. The molecule has 10 nitrogen and oxygen atoms in total. The summed E-state index contributed by atoms with van der Waals surface area (Å²) in [5.41, 5.74) is -0.0698. The minimum Gasteiger partial charge on any atom is -0.497 e. The maximum atomic E-state index is 12.7. The lowest BCUT2D eigenvalue weighted by Crippen LogP contribution is -2.36. The molecule has 24 heavy (non-hydrogen) atoms. The van der Waals surface area contributed by atoms with E-state index in [4.69, 9.17) is 4.74 Å². The highest BCUT2D eigenvalue weighted by Gasteiger charge is 2.59. The number of benzene rings is 1. The molecule has 124 valence electrons. The van der Waals surface area contributed by atoms with Crippen LogP contribution in [0.15, 0.2) is 34.7 Å². The summed E-state index contributed by atoms with van der Waals surface area (Å²) < 4.78 is 9.63. The predicted molar refractivity (Wildman–Crippen MR) is 79.9 cm³/mol. The highest BCUT2D eigenvalue weighted by Crippen LogP contribution is 2.36. The number of carbonyl (C=O) groups excluding carboxylic acids is 3. The fourth-order valence-corrected chi connectivity index (χ4v) is 2.74. The lowest BCUT2D eigenvalue weighted by atomic mass is 9.98. The molecule has 10 heteroatoms. The molecule has 1 fully saturated rings. The first kappa shape index (κ1) is 15.6.